The number of hydrogen-bond acceptors (Lipinski definition) is 3. The van der Waals surface area contributed by atoms with E-state index in [-0.39, 0.29) is 23.7 Å². The van der Waals surface area contributed by atoms with Crippen molar-refractivity contribution in [2.45, 2.75) is 58.5 Å². The molecule has 1 N–H and O–H groups in total. The Balaban J connectivity index is 2.00. The van der Waals surface area contributed by atoms with Crippen molar-refractivity contribution >= 4 is 11.8 Å². The van der Waals surface area contributed by atoms with Gasteiger partial charge in [0.25, 0.3) is 0 Å². The largest absolute Gasteiger partial charge is 0.497 e. The number of amides is 2. The average Bonchev–Trinajstić information content (AvgIpc) is 2.65. The van der Waals surface area contributed by atoms with Crippen LogP contribution in [0.4, 0.5) is 0 Å². The number of nitrogens with one attached hydrogen (secondary N) is 1. The summed E-state index contributed by atoms with van der Waals surface area (Å²) in [4.78, 5) is 27.2. The summed E-state index contributed by atoms with van der Waals surface area (Å²) >= 11 is 0. The summed E-state index contributed by atoms with van der Waals surface area (Å²) in [6.45, 7) is 4.44. The van der Waals surface area contributed by atoms with Crippen molar-refractivity contribution in [3.05, 3.63) is 29.8 Å². The highest BCUT2D eigenvalue weighted by Gasteiger charge is 2.30. The van der Waals surface area contributed by atoms with Gasteiger partial charge in [-0.3, -0.25) is 9.59 Å². The van der Waals surface area contributed by atoms with Crippen LogP contribution < -0.4 is 10.1 Å². The lowest BCUT2D eigenvalue weighted by molar-refractivity contribution is -0.138. The van der Waals surface area contributed by atoms with Gasteiger partial charge < -0.3 is 15.0 Å². The van der Waals surface area contributed by atoms with Crippen LogP contribution in [-0.2, 0) is 16.1 Å². The summed E-state index contributed by atoms with van der Waals surface area (Å²) in [6.07, 6.45) is 5.29. The average molecular weight is 360 g/mol. The minimum absolute atomic E-state index is 0.0338. The van der Waals surface area contributed by atoms with E-state index < -0.39 is 6.04 Å². The molecule has 5 nitrogen and oxygen atoms in total. The summed E-state index contributed by atoms with van der Waals surface area (Å²) < 4.78 is 5.24. The summed E-state index contributed by atoms with van der Waals surface area (Å²) in [6, 6.07) is 7.20. The molecule has 1 aromatic carbocycles. The lowest BCUT2D eigenvalue weighted by Crippen LogP contribution is -2.51. The molecule has 0 spiro atoms. The zero-order valence-electron chi connectivity index (χ0n) is 16.5. The van der Waals surface area contributed by atoms with Gasteiger partial charge in [0.05, 0.1) is 7.11 Å². The molecule has 1 unspecified atom stereocenters. The van der Waals surface area contributed by atoms with Crippen LogP contribution in [0.3, 0.4) is 0 Å². The van der Waals surface area contributed by atoms with Gasteiger partial charge in [-0.15, -0.1) is 0 Å². The van der Waals surface area contributed by atoms with Crippen molar-refractivity contribution in [3.8, 4) is 5.75 Å². The maximum atomic E-state index is 12.9. The van der Waals surface area contributed by atoms with E-state index in [0.717, 1.165) is 37.0 Å². The van der Waals surface area contributed by atoms with Gasteiger partial charge in [-0.25, -0.2) is 0 Å². The van der Waals surface area contributed by atoms with Gasteiger partial charge in [-0.2, -0.15) is 0 Å². The Labute approximate surface area is 157 Å². The van der Waals surface area contributed by atoms with Crippen molar-refractivity contribution in [3.63, 3.8) is 0 Å². The highest BCUT2D eigenvalue weighted by Crippen LogP contribution is 2.24. The Morgan fingerprint density at radius 3 is 2.54 bits per heavy atom. The Hall–Kier alpha value is -2.04. The predicted octanol–water partition coefficient (Wildman–Crippen LogP) is 3.37. The van der Waals surface area contributed by atoms with Gasteiger partial charge in [0, 0.05) is 19.5 Å². The Morgan fingerprint density at radius 1 is 1.23 bits per heavy atom. The highest BCUT2D eigenvalue weighted by atomic mass is 16.5. The maximum absolute atomic E-state index is 12.9. The molecule has 1 saturated carbocycles. The van der Waals surface area contributed by atoms with Gasteiger partial charge >= 0.3 is 0 Å². The highest BCUT2D eigenvalue weighted by molar-refractivity contribution is 5.88. The fraction of sp³-hybridized carbons (Fsp3) is 0.619. The molecule has 0 radical (unpaired) electrons. The van der Waals surface area contributed by atoms with E-state index in [0.29, 0.717) is 6.54 Å². The maximum Gasteiger partial charge on any atom is 0.245 e. The summed E-state index contributed by atoms with van der Waals surface area (Å²) in [5.74, 6) is 0.858. The first-order valence-corrected chi connectivity index (χ1v) is 9.60. The molecule has 144 valence electrons. The number of carbonyl (C=O) groups excluding carboxylic acids is 2. The van der Waals surface area contributed by atoms with Crippen molar-refractivity contribution in [2.24, 2.45) is 11.8 Å². The first-order chi connectivity index (χ1) is 12.4. The van der Waals surface area contributed by atoms with Crippen LogP contribution in [0.15, 0.2) is 24.3 Å². The van der Waals surface area contributed by atoms with Gasteiger partial charge in [0.2, 0.25) is 11.8 Å². The second kappa shape index (κ2) is 9.60. The predicted molar refractivity (Wildman–Crippen MR) is 103 cm³/mol. The summed E-state index contributed by atoms with van der Waals surface area (Å²) in [5.41, 5.74) is 1.00. The molecular weight excluding hydrogens is 328 g/mol. The molecule has 0 saturated heterocycles. The lowest BCUT2D eigenvalue weighted by Gasteiger charge is -2.29. The van der Waals surface area contributed by atoms with E-state index in [4.69, 9.17) is 4.74 Å². The van der Waals surface area contributed by atoms with Gasteiger partial charge in [-0.05, 0) is 36.5 Å². The van der Waals surface area contributed by atoms with Crippen LogP contribution in [0.2, 0.25) is 0 Å². The Morgan fingerprint density at radius 2 is 1.92 bits per heavy atom. The monoisotopic (exact) mass is 360 g/mol. The fourth-order valence-electron chi connectivity index (χ4n) is 3.51. The molecule has 5 heteroatoms. The van der Waals surface area contributed by atoms with E-state index in [1.165, 1.54) is 6.42 Å². The quantitative estimate of drug-likeness (QED) is 0.811. The lowest BCUT2D eigenvalue weighted by atomic mass is 9.88. The number of benzene rings is 1. The molecule has 1 aliphatic carbocycles. The number of likely N-dealkylation sites (N-methyl/N-ethyl adjacent to an activating group) is 1. The Kier molecular flexibility index (Phi) is 7.49. The number of methoxy groups -OCH3 is 1. The minimum atomic E-state index is -0.486. The second-order valence-corrected chi connectivity index (χ2v) is 7.61. The summed E-state index contributed by atoms with van der Waals surface area (Å²) in [7, 11) is 3.41. The van der Waals surface area contributed by atoms with Crippen LogP contribution >= 0.6 is 0 Å². The number of rotatable bonds is 7. The fourth-order valence-corrected chi connectivity index (χ4v) is 3.51. The van der Waals surface area contributed by atoms with E-state index in [2.05, 4.69) is 5.32 Å². The van der Waals surface area contributed by atoms with Crippen molar-refractivity contribution in [2.75, 3.05) is 14.2 Å². The molecule has 0 aromatic heterocycles. The van der Waals surface area contributed by atoms with E-state index in [1.54, 1.807) is 19.1 Å². The molecule has 0 aliphatic heterocycles. The van der Waals surface area contributed by atoms with Crippen molar-refractivity contribution in [1.29, 1.82) is 0 Å². The third-order valence-electron chi connectivity index (χ3n) is 5.14. The van der Waals surface area contributed by atoms with Crippen LogP contribution in [-0.4, -0.2) is 36.9 Å². The zero-order valence-corrected chi connectivity index (χ0v) is 16.5. The number of nitrogens with zero attached hydrogens (tertiary/aromatic N) is 1. The molecule has 1 aliphatic rings. The van der Waals surface area contributed by atoms with E-state index >= 15 is 0 Å². The number of ether oxygens (including phenoxy) is 1. The van der Waals surface area contributed by atoms with Crippen molar-refractivity contribution in [1.82, 2.24) is 10.2 Å². The molecule has 1 atom stereocenters. The van der Waals surface area contributed by atoms with Crippen LogP contribution in [0.1, 0.15) is 51.5 Å². The SMILES string of the molecule is COc1cccc(CN(C)C(=O)C(NC(=O)C2CCCCC2)C(C)C)c1. The van der Waals surface area contributed by atoms with E-state index in [1.807, 2.05) is 38.1 Å². The molecule has 0 heterocycles. The molecule has 1 aromatic rings. The zero-order chi connectivity index (χ0) is 19.1. The van der Waals surface area contributed by atoms with Gasteiger partial charge in [0.15, 0.2) is 0 Å². The molecular formula is C21H32N2O3. The van der Waals surface area contributed by atoms with Gasteiger partial charge in [0.1, 0.15) is 11.8 Å². The molecule has 1 fully saturated rings. The minimum Gasteiger partial charge on any atom is -0.497 e. The normalized spacial score (nSPS) is 16.2. The van der Waals surface area contributed by atoms with E-state index in [9.17, 15) is 9.59 Å². The van der Waals surface area contributed by atoms with Gasteiger partial charge in [-0.1, -0.05) is 45.2 Å². The Bertz CT molecular complexity index is 609. The standard InChI is InChI=1S/C21H32N2O3/c1-15(2)19(22-20(24)17-10-6-5-7-11-17)21(25)23(3)14-16-9-8-12-18(13-16)26-4/h8-9,12-13,15,17,19H,5-7,10-11,14H2,1-4H3,(H,22,24). The molecule has 0 bridgehead atoms. The van der Waals surface area contributed by atoms with Crippen molar-refractivity contribution < 1.29 is 14.3 Å². The third-order valence-corrected chi connectivity index (χ3v) is 5.14. The first kappa shape index (κ1) is 20.3. The molecule has 2 rings (SSSR count). The topological polar surface area (TPSA) is 58.6 Å². The number of carbonyl (C=O) groups is 2. The first-order valence-electron chi connectivity index (χ1n) is 9.60. The molecule has 2 amide bonds. The second-order valence-electron chi connectivity index (χ2n) is 7.61. The third kappa shape index (κ3) is 5.48. The van der Waals surface area contributed by atoms with Crippen LogP contribution in [0.5, 0.6) is 5.75 Å². The molecule has 26 heavy (non-hydrogen) atoms. The summed E-state index contributed by atoms with van der Waals surface area (Å²) in [5, 5.41) is 3.02. The smallest absolute Gasteiger partial charge is 0.245 e. The number of hydrogen-bond donors (Lipinski definition) is 1. The van der Waals surface area contributed by atoms with Crippen LogP contribution in [0, 0.1) is 11.8 Å². The van der Waals surface area contributed by atoms with Crippen LogP contribution in [0.25, 0.3) is 0 Å².